The maximum atomic E-state index is 13.6. The Morgan fingerprint density at radius 3 is 2.60 bits per heavy atom. The van der Waals surface area contributed by atoms with Gasteiger partial charge in [-0.25, -0.2) is 4.39 Å². The van der Waals surface area contributed by atoms with Crippen LogP contribution in [-0.4, -0.2) is 43.5 Å². The molecule has 6 heteroatoms. The van der Waals surface area contributed by atoms with Gasteiger partial charge in [0, 0.05) is 14.1 Å². The molecule has 0 saturated heterocycles. The number of benzene rings is 1. The lowest BCUT2D eigenvalue weighted by Gasteiger charge is -2.18. The summed E-state index contributed by atoms with van der Waals surface area (Å²) in [4.78, 5) is 25.2. The number of likely N-dealkylation sites (N-methyl/N-ethyl adjacent to an activating group) is 1. The maximum Gasteiger partial charge on any atom is 0.255 e. The zero-order valence-electron chi connectivity index (χ0n) is 12.1. The van der Waals surface area contributed by atoms with Crippen molar-refractivity contribution in [3.63, 3.8) is 0 Å². The second-order valence-corrected chi connectivity index (χ2v) is 4.48. The van der Waals surface area contributed by atoms with E-state index in [-0.39, 0.29) is 23.8 Å². The van der Waals surface area contributed by atoms with Gasteiger partial charge >= 0.3 is 0 Å². The van der Waals surface area contributed by atoms with Crippen LogP contribution in [0.25, 0.3) is 0 Å². The molecule has 20 heavy (non-hydrogen) atoms. The number of hydrogen-bond acceptors (Lipinski definition) is 3. The van der Waals surface area contributed by atoms with Gasteiger partial charge in [-0.05, 0) is 26.0 Å². The summed E-state index contributed by atoms with van der Waals surface area (Å²) in [5.74, 6) is -1.49. The molecule has 0 aliphatic rings. The Labute approximate surface area is 117 Å². The summed E-state index contributed by atoms with van der Waals surface area (Å²) in [6.07, 6.45) is 0. The van der Waals surface area contributed by atoms with Crippen LogP contribution in [-0.2, 0) is 4.79 Å². The lowest BCUT2D eigenvalue weighted by Crippen LogP contribution is -2.44. The summed E-state index contributed by atoms with van der Waals surface area (Å²) >= 11 is 0. The van der Waals surface area contributed by atoms with Gasteiger partial charge in [-0.3, -0.25) is 9.59 Å². The molecule has 1 aromatic carbocycles. The number of hydrogen-bond donors (Lipinski definition) is 1. The van der Waals surface area contributed by atoms with Gasteiger partial charge in [-0.2, -0.15) is 0 Å². The predicted molar refractivity (Wildman–Crippen MR) is 73.2 cm³/mol. The maximum absolute atomic E-state index is 13.6. The fourth-order valence-electron chi connectivity index (χ4n) is 1.70. The summed E-state index contributed by atoms with van der Waals surface area (Å²) in [5, 5.41) is 2.53. The van der Waals surface area contributed by atoms with E-state index >= 15 is 0 Å². The second kappa shape index (κ2) is 6.88. The zero-order chi connectivity index (χ0) is 15.3. The Kier molecular flexibility index (Phi) is 5.49. The largest absolute Gasteiger partial charge is 0.490 e. The summed E-state index contributed by atoms with van der Waals surface area (Å²) in [6, 6.07) is 3.40. The summed E-state index contributed by atoms with van der Waals surface area (Å²) in [5.41, 5.74) is 0.0743. The van der Waals surface area contributed by atoms with Crippen molar-refractivity contribution >= 4 is 11.8 Å². The molecule has 110 valence electrons. The van der Waals surface area contributed by atoms with E-state index in [4.69, 9.17) is 4.74 Å². The fraction of sp³-hybridized carbons (Fsp3) is 0.429. The lowest BCUT2D eigenvalue weighted by molar-refractivity contribution is -0.130. The highest BCUT2D eigenvalue weighted by Gasteiger charge is 2.21. The van der Waals surface area contributed by atoms with Crippen molar-refractivity contribution in [2.24, 2.45) is 0 Å². The third-order valence-electron chi connectivity index (χ3n) is 2.66. The van der Waals surface area contributed by atoms with Gasteiger partial charge in [-0.15, -0.1) is 0 Å². The number of amides is 2. The van der Waals surface area contributed by atoms with Crippen molar-refractivity contribution in [3.05, 3.63) is 29.6 Å². The average molecular weight is 282 g/mol. The van der Waals surface area contributed by atoms with E-state index in [1.807, 2.05) is 0 Å². The van der Waals surface area contributed by atoms with Crippen LogP contribution in [0.4, 0.5) is 4.39 Å². The number of carbonyl (C=O) groups excluding carboxylic acids is 2. The Hall–Kier alpha value is -2.11. The quantitative estimate of drug-likeness (QED) is 0.889. The Morgan fingerprint density at radius 2 is 2.05 bits per heavy atom. The van der Waals surface area contributed by atoms with Crippen molar-refractivity contribution in [2.45, 2.75) is 19.9 Å². The van der Waals surface area contributed by atoms with Gasteiger partial charge in [0.15, 0.2) is 11.6 Å². The van der Waals surface area contributed by atoms with Crippen LogP contribution in [0, 0.1) is 5.82 Å². The predicted octanol–water partition coefficient (Wildman–Crippen LogP) is 1.43. The molecule has 2 amide bonds. The molecular formula is C14H19FN2O3. The number of rotatable bonds is 5. The Balaban J connectivity index is 2.93. The van der Waals surface area contributed by atoms with Gasteiger partial charge in [0.25, 0.3) is 5.91 Å². The van der Waals surface area contributed by atoms with Crippen LogP contribution in [0.3, 0.4) is 0 Å². The van der Waals surface area contributed by atoms with Crippen molar-refractivity contribution in [1.29, 1.82) is 0 Å². The average Bonchev–Trinajstić information content (AvgIpc) is 2.39. The highest BCUT2D eigenvalue weighted by atomic mass is 19.1. The molecule has 0 aliphatic heterocycles. The lowest BCUT2D eigenvalue weighted by atomic mass is 10.1. The first kappa shape index (κ1) is 15.9. The summed E-state index contributed by atoms with van der Waals surface area (Å²) in [7, 11) is 3.19. The number of halogens is 1. The molecule has 0 saturated carbocycles. The van der Waals surface area contributed by atoms with Crippen LogP contribution in [0.1, 0.15) is 24.2 Å². The highest BCUT2D eigenvalue weighted by molar-refractivity contribution is 5.99. The van der Waals surface area contributed by atoms with E-state index in [0.29, 0.717) is 0 Å². The highest BCUT2D eigenvalue weighted by Crippen LogP contribution is 2.22. The van der Waals surface area contributed by atoms with E-state index in [0.717, 1.165) is 0 Å². The zero-order valence-corrected chi connectivity index (χ0v) is 12.1. The third-order valence-corrected chi connectivity index (χ3v) is 2.66. The van der Waals surface area contributed by atoms with Gasteiger partial charge in [0.2, 0.25) is 5.91 Å². The van der Waals surface area contributed by atoms with Gasteiger partial charge in [-0.1, -0.05) is 6.07 Å². The molecule has 1 atom stereocenters. The number of para-hydroxylation sites is 1. The number of nitrogens with zero attached hydrogens (tertiary/aromatic N) is 1. The monoisotopic (exact) mass is 282 g/mol. The Bertz CT molecular complexity index is 503. The van der Waals surface area contributed by atoms with Crippen molar-refractivity contribution in [1.82, 2.24) is 10.2 Å². The van der Waals surface area contributed by atoms with Crippen LogP contribution < -0.4 is 10.1 Å². The topological polar surface area (TPSA) is 58.6 Å². The van der Waals surface area contributed by atoms with Crippen LogP contribution in [0.5, 0.6) is 5.75 Å². The Morgan fingerprint density at radius 1 is 1.40 bits per heavy atom. The molecule has 0 spiro atoms. The minimum atomic E-state index is -0.699. The van der Waals surface area contributed by atoms with Gasteiger partial charge < -0.3 is 15.0 Å². The van der Waals surface area contributed by atoms with Gasteiger partial charge in [0.05, 0.1) is 12.2 Å². The van der Waals surface area contributed by atoms with Crippen molar-refractivity contribution in [2.75, 3.05) is 20.7 Å². The summed E-state index contributed by atoms with van der Waals surface area (Å²) < 4.78 is 18.8. The van der Waals surface area contributed by atoms with E-state index in [2.05, 4.69) is 5.32 Å². The number of nitrogens with one attached hydrogen (secondary N) is 1. The fourth-order valence-corrected chi connectivity index (χ4v) is 1.70. The summed E-state index contributed by atoms with van der Waals surface area (Å²) in [6.45, 7) is 3.51. The molecule has 0 aromatic heterocycles. The molecule has 0 heterocycles. The first-order valence-corrected chi connectivity index (χ1v) is 6.31. The minimum Gasteiger partial charge on any atom is -0.490 e. The third kappa shape index (κ3) is 3.69. The van der Waals surface area contributed by atoms with E-state index < -0.39 is 17.8 Å². The molecule has 1 unspecified atom stereocenters. The molecule has 1 rings (SSSR count). The molecule has 1 aromatic rings. The molecule has 0 aliphatic carbocycles. The number of carbonyl (C=O) groups is 2. The first-order valence-electron chi connectivity index (χ1n) is 6.31. The van der Waals surface area contributed by atoms with E-state index in [1.54, 1.807) is 27.9 Å². The smallest absolute Gasteiger partial charge is 0.255 e. The van der Waals surface area contributed by atoms with Crippen LogP contribution in [0.2, 0.25) is 0 Å². The van der Waals surface area contributed by atoms with Crippen molar-refractivity contribution < 1.29 is 18.7 Å². The van der Waals surface area contributed by atoms with E-state index in [9.17, 15) is 14.0 Å². The molecule has 0 fully saturated rings. The minimum absolute atomic E-state index is 0.0743. The number of ether oxygens (including phenoxy) is 1. The molecule has 0 radical (unpaired) electrons. The van der Waals surface area contributed by atoms with Crippen LogP contribution >= 0.6 is 0 Å². The molecule has 1 N–H and O–H groups in total. The first-order chi connectivity index (χ1) is 9.38. The van der Waals surface area contributed by atoms with E-state index in [1.165, 1.54) is 23.1 Å². The van der Waals surface area contributed by atoms with Crippen LogP contribution in [0.15, 0.2) is 18.2 Å². The standard InChI is InChI=1S/C14H19FN2O3/c1-5-20-12-10(7-6-8-11(12)15)13(18)16-9(2)14(19)17(3)4/h6-9H,5H2,1-4H3,(H,16,18). The molecule has 0 bridgehead atoms. The molecule has 5 nitrogen and oxygen atoms in total. The van der Waals surface area contributed by atoms with Gasteiger partial charge in [0.1, 0.15) is 6.04 Å². The second-order valence-electron chi connectivity index (χ2n) is 4.48. The SMILES string of the molecule is CCOc1c(F)cccc1C(=O)NC(C)C(=O)N(C)C. The van der Waals surface area contributed by atoms with Crippen molar-refractivity contribution in [3.8, 4) is 5.75 Å². The normalized spacial score (nSPS) is 11.7. The molecular weight excluding hydrogens is 263 g/mol.